The monoisotopic (exact) mass is 731 g/mol. The number of pyridine rings is 1. The minimum absolute atomic E-state index is 0.0627. The first-order valence-corrected chi connectivity index (χ1v) is 18.6. The number of halogens is 4. The molecule has 0 bridgehead atoms. The van der Waals surface area contributed by atoms with Crippen molar-refractivity contribution in [3.8, 4) is 11.3 Å². The van der Waals surface area contributed by atoms with Gasteiger partial charge in [-0.3, -0.25) is 14.5 Å². The number of fused-ring (bicyclic) bond motifs is 2. The van der Waals surface area contributed by atoms with Crippen LogP contribution < -0.4 is 15.5 Å². The van der Waals surface area contributed by atoms with Crippen LogP contribution in [0.25, 0.3) is 22.3 Å². The first kappa shape index (κ1) is 35.5. The van der Waals surface area contributed by atoms with Gasteiger partial charge in [0, 0.05) is 34.4 Å². The highest BCUT2D eigenvalue weighted by atomic mass is 19.3. The Balaban J connectivity index is 1.16. The zero-order chi connectivity index (χ0) is 37.6. The number of aromatic nitrogens is 3. The van der Waals surface area contributed by atoms with E-state index in [-0.39, 0.29) is 53.4 Å². The molecule has 4 aromatic rings. The van der Waals surface area contributed by atoms with Crippen LogP contribution in [0.1, 0.15) is 102 Å². The lowest BCUT2D eigenvalue weighted by molar-refractivity contribution is -0.123. The fourth-order valence-corrected chi connectivity index (χ4v) is 8.59. The molecule has 3 fully saturated rings. The fourth-order valence-electron chi connectivity index (χ4n) is 8.59. The lowest BCUT2D eigenvalue weighted by Gasteiger charge is -2.55. The van der Waals surface area contributed by atoms with Gasteiger partial charge in [-0.25, -0.2) is 27.5 Å². The molecule has 2 saturated carbocycles. The molecule has 13 heteroatoms. The highest BCUT2D eigenvalue weighted by molar-refractivity contribution is 6.09. The van der Waals surface area contributed by atoms with E-state index >= 15 is 8.78 Å². The summed E-state index contributed by atoms with van der Waals surface area (Å²) in [6, 6.07) is 9.49. The summed E-state index contributed by atoms with van der Waals surface area (Å²) in [5.74, 6) is -3.26. The summed E-state index contributed by atoms with van der Waals surface area (Å²) in [6.45, 7) is 12.3. The number of hydrogen-bond acceptors (Lipinski definition) is 6. The van der Waals surface area contributed by atoms with Crippen LogP contribution in [0.3, 0.4) is 0 Å². The smallest absolute Gasteiger partial charge is 0.261 e. The lowest BCUT2D eigenvalue weighted by Crippen LogP contribution is -2.64. The van der Waals surface area contributed by atoms with Gasteiger partial charge >= 0.3 is 0 Å². The van der Waals surface area contributed by atoms with E-state index in [1.54, 1.807) is 6.33 Å². The van der Waals surface area contributed by atoms with E-state index < -0.39 is 34.9 Å². The Hall–Kier alpha value is -4.52. The topological polar surface area (TPSA) is 95.4 Å². The van der Waals surface area contributed by atoms with E-state index in [1.165, 1.54) is 19.3 Å². The third-order valence-corrected chi connectivity index (χ3v) is 12.0. The number of anilines is 3. The number of nitrogens with one attached hydrogen (secondary N) is 2. The fraction of sp³-hybridized carbons (Fsp3) is 0.500. The molecule has 280 valence electrons. The van der Waals surface area contributed by atoms with E-state index in [0.29, 0.717) is 28.4 Å². The maximum atomic E-state index is 15.4. The summed E-state index contributed by atoms with van der Waals surface area (Å²) in [5.41, 5.74) is 1.06. The predicted octanol–water partition coefficient (Wildman–Crippen LogP) is 8.26. The molecule has 4 aliphatic rings. The Morgan fingerprint density at radius 3 is 2.36 bits per heavy atom. The minimum atomic E-state index is -2.78. The SMILES string of the molecule is CC(C)n1cnc2cc(-c3ccc4c(c3)N([C@H]3C[C@@](C)(N5CCCCC5)C3)C(=O)C4(C)C)nc(Nc3cc(C(=O)NC4(C(F)F)CC4)cc(F)c3F)c21. The number of piperidine rings is 1. The third kappa shape index (κ3) is 5.86. The van der Waals surface area contributed by atoms with Gasteiger partial charge in [0.15, 0.2) is 17.5 Å². The molecule has 2 aromatic carbocycles. The van der Waals surface area contributed by atoms with Crippen molar-refractivity contribution in [3.63, 3.8) is 0 Å². The van der Waals surface area contributed by atoms with Gasteiger partial charge < -0.3 is 20.1 Å². The summed E-state index contributed by atoms with van der Waals surface area (Å²) < 4.78 is 59.4. The van der Waals surface area contributed by atoms with E-state index in [2.05, 4.69) is 27.4 Å². The Labute approximate surface area is 306 Å². The standard InChI is InChI=1S/C40H45F4N7O2/c1-22(2)50-21-45-30-18-28(46-34(33(30)50)47-29-16-24(15-27(41)32(29)42)35(52)48-40(11-12-40)36(43)44)23-9-10-26-31(17-23)51(37(53)38(26,3)4)25-19-39(5,20-25)49-13-7-6-8-14-49/h9-10,15-18,21-22,25,36H,6-8,11-14,19-20H2,1-5H3,(H,46,47)(H,48,52)/t25-,39+. The van der Waals surface area contributed by atoms with Gasteiger partial charge in [0.05, 0.1) is 28.6 Å². The molecule has 0 atom stereocenters. The Bertz CT molecular complexity index is 2130. The van der Waals surface area contributed by atoms with Crippen LogP contribution >= 0.6 is 0 Å². The highest BCUT2D eigenvalue weighted by Gasteiger charge is 2.54. The van der Waals surface area contributed by atoms with Gasteiger partial charge in [-0.05, 0) is 116 Å². The van der Waals surface area contributed by atoms with E-state index in [4.69, 9.17) is 4.98 Å². The number of rotatable bonds is 9. The van der Waals surface area contributed by atoms with Crippen molar-refractivity contribution in [1.29, 1.82) is 0 Å². The Morgan fingerprint density at radius 2 is 1.70 bits per heavy atom. The van der Waals surface area contributed by atoms with Gasteiger partial charge in [0.2, 0.25) is 5.91 Å². The number of hydrogen-bond donors (Lipinski definition) is 2. The summed E-state index contributed by atoms with van der Waals surface area (Å²) >= 11 is 0. The molecule has 0 radical (unpaired) electrons. The maximum absolute atomic E-state index is 15.4. The minimum Gasteiger partial charge on any atom is -0.341 e. The summed E-state index contributed by atoms with van der Waals surface area (Å²) in [7, 11) is 0. The molecule has 2 amide bonds. The average molecular weight is 732 g/mol. The van der Waals surface area contributed by atoms with Gasteiger partial charge in [-0.15, -0.1) is 0 Å². The van der Waals surface area contributed by atoms with Crippen LogP contribution in [0.2, 0.25) is 0 Å². The van der Waals surface area contributed by atoms with Gasteiger partial charge in [0.1, 0.15) is 11.1 Å². The van der Waals surface area contributed by atoms with Crippen molar-refractivity contribution in [2.75, 3.05) is 23.3 Å². The summed E-state index contributed by atoms with van der Waals surface area (Å²) in [6.07, 6.45) is 4.53. The second-order valence-electron chi connectivity index (χ2n) is 16.5. The number of carbonyl (C=O) groups is 2. The second kappa shape index (κ2) is 12.5. The number of imidazole rings is 1. The first-order chi connectivity index (χ1) is 25.1. The van der Waals surface area contributed by atoms with Gasteiger partial charge in [0.25, 0.3) is 12.3 Å². The summed E-state index contributed by atoms with van der Waals surface area (Å²) in [5, 5.41) is 5.22. The molecule has 0 spiro atoms. The number of likely N-dealkylation sites (tertiary alicyclic amines) is 1. The third-order valence-electron chi connectivity index (χ3n) is 12.0. The zero-order valence-electron chi connectivity index (χ0n) is 30.7. The molecular weight excluding hydrogens is 686 g/mol. The lowest BCUT2D eigenvalue weighted by atomic mass is 9.71. The van der Waals surface area contributed by atoms with E-state index in [1.807, 2.05) is 61.4 Å². The van der Waals surface area contributed by atoms with Crippen molar-refractivity contribution >= 4 is 40.0 Å². The number of amides is 2. The first-order valence-electron chi connectivity index (χ1n) is 18.6. The predicted molar refractivity (Wildman–Crippen MR) is 196 cm³/mol. The van der Waals surface area contributed by atoms with Gasteiger partial charge in [-0.2, -0.15) is 0 Å². The zero-order valence-corrected chi connectivity index (χ0v) is 30.7. The molecule has 53 heavy (non-hydrogen) atoms. The maximum Gasteiger partial charge on any atom is 0.261 e. The van der Waals surface area contributed by atoms with Crippen molar-refractivity contribution in [1.82, 2.24) is 24.8 Å². The number of benzene rings is 2. The van der Waals surface area contributed by atoms with Crippen molar-refractivity contribution in [2.24, 2.45) is 0 Å². The molecule has 2 aromatic heterocycles. The van der Waals surface area contributed by atoms with Crippen LogP contribution in [0.15, 0.2) is 42.7 Å². The van der Waals surface area contributed by atoms with Crippen LogP contribution in [0.4, 0.5) is 34.8 Å². The van der Waals surface area contributed by atoms with Crippen LogP contribution in [0.5, 0.6) is 0 Å². The normalized spacial score (nSPS) is 23.4. The Morgan fingerprint density at radius 1 is 0.981 bits per heavy atom. The second-order valence-corrected chi connectivity index (χ2v) is 16.5. The molecular formula is C40H45F4N7O2. The molecule has 2 aliphatic heterocycles. The molecule has 4 heterocycles. The molecule has 0 unspecified atom stereocenters. The number of alkyl halides is 2. The molecule has 9 nitrogen and oxygen atoms in total. The molecule has 2 N–H and O–H groups in total. The highest BCUT2D eigenvalue weighted by Crippen LogP contribution is 2.51. The van der Waals surface area contributed by atoms with Crippen molar-refractivity contribution < 1.29 is 27.2 Å². The molecule has 1 saturated heterocycles. The molecule has 2 aliphatic carbocycles. The van der Waals surface area contributed by atoms with Crippen molar-refractivity contribution in [3.05, 3.63) is 65.5 Å². The molecule has 8 rings (SSSR count). The van der Waals surface area contributed by atoms with E-state index in [0.717, 1.165) is 43.2 Å². The van der Waals surface area contributed by atoms with Crippen LogP contribution in [-0.4, -0.2) is 67.9 Å². The Kier molecular flexibility index (Phi) is 8.39. The quantitative estimate of drug-likeness (QED) is 0.169. The van der Waals surface area contributed by atoms with Crippen LogP contribution in [-0.2, 0) is 10.2 Å². The van der Waals surface area contributed by atoms with Crippen LogP contribution in [0, 0.1) is 11.6 Å². The summed E-state index contributed by atoms with van der Waals surface area (Å²) in [4.78, 5) is 41.1. The largest absolute Gasteiger partial charge is 0.341 e. The van der Waals surface area contributed by atoms with Gasteiger partial charge in [-0.1, -0.05) is 18.6 Å². The number of nitrogens with zero attached hydrogens (tertiary/aromatic N) is 5. The number of carbonyl (C=O) groups excluding carboxylic acids is 2. The van der Waals surface area contributed by atoms with E-state index in [9.17, 15) is 18.4 Å². The average Bonchev–Trinajstić information content (AvgIpc) is 3.72. The van der Waals surface area contributed by atoms with Crippen molar-refractivity contribution in [2.45, 2.75) is 115 Å².